The first-order valence-electron chi connectivity index (χ1n) is 20.3. The smallest absolute Gasteiger partial charge is 0.160 e. The number of nitrogens with zero attached hydrogens (tertiary/aromatic N) is 4. The topological polar surface area (TPSA) is 34.0 Å². The maximum absolute atomic E-state index is 5.56. The van der Waals surface area contributed by atoms with Crippen molar-refractivity contribution in [3.63, 3.8) is 0 Å². The summed E-state index contributed by atoms with van der Waals surface area (Å²) in [5, 5.41) is 1.25. The fourth-order valence-electron chi connectivity index (χ4n) is 9.72. The Kier molecular flexibility index (Phi) is 7.92. The summed E-state index contributed by atoms with van der Waals surface area (Å²) in [6.45, 7) is 2.46. The molecular formula is C53H42N4. The molecule has 0 saturated carbocycles. The van der Waals surface area contributed by atoms with Gasteiger partial charge < -0.3 is 9.47 Å². The molecule has 1 aliphatic heterocycles. The molecule has 0 N–H and O–H groups in total. The van der Waals surface area contributed by atoms with Crippen molar-refractivity contribution in [1.82, 2.24) is 14.5 Å². The molecule has 0 amide bonds. The summed E-state index contributed by atoms with van der Waals surface area (Å²) in [5.41, 5.74) is 15.6. The first-order valence-corrected chi connectivity index (χ1v) is 20.3. The minimum Gasteiger partial charge on any atom is -0.320 e. The van der Waals surface area contributed by atoms with Crippen LogP contribution in [-0.4, -0.2) is 20.6 Å². The van der Waals surface area contributed by atoms with E-state index in [4.69, 9.17) is 9.97 Å². The van der Waals surface area contributed by atoms with Gasteiger partial charge in [0.05, 0.1) is 28.3 Å². The summed E-state index contributed by atoms with van der Waals surface area (Å²) in [4.78, 5) is 13.5. The molecule has 11 rings (SSSR count). The second kappa shape index (κ2) is 13.5. The summed E-state index contributed by atoms with van der Waals surface area (Å²) in [6, 6.07) is 55.0. The van der Waals surface area contributed by atoms with Crippen LogP contribution in [0.5, 0.6) is 0 Å². The lowest BCUT2D eigenvalue weighted by Gasteiger charge is -2.45. The molecule has 2 atom stereocenters. The largest absolute Gasteiger partial charge is 0.320 e. The Labute approximate surface area is 333 Å². The molecule has 4 heteroatoms. The number of para-hydroxylation sites is 4. The first kappa shape index (κ1) is 33.5. The molecule has 274 valence electrons. The Morgan fingerprint density at radius 2 is 1.32 bits per heavy atom. The van der Waals surface area contributed by atoms with E-state index in [0.717, 1.165) is 59.5 Å². The summed E-state index contributed by atoms with van der Waals surface area (Å²) in [5.74, 6) is 0.893. The van der Waals surface area contributed by atoms with Crippen molar-refractivity contribution in [2.45, 2.75) is 44.1 Å². The number of benzene rings is 6. The third-order valence-electron chi connectivity index (χ3n) is 12.3. The standard InChI is InChI=1S/C53H42N4/c1-53-32-18-17-31-48(53)57(52-50(38-23-9-4-10-24-38)54-44-27-13-14-28-45(44)55-52)47-30-16-12-26-43(47)49-42-25-11-15-29-46(42)56(51(49)53)41-34-39(36-19-5-2-6-20-36)33-40(35-41)37-21-7-3-8-22-37/h2,4-7,9-16,18-30,32-35,48H,3,8,17,31H2,1H3. The van der Waals surface area contributed by atoms with Gasteiger partial charge in [-0.05, 0) is 97.3 Å². The third kappa shape index (κ3) is 5.43. The molecule has 3 aliphatic rings. The Morgan fingerprint density at radius 3 is 2.12 bits per heavy atom. The Balaban J connectivity index is 1.24. The Bertz CT molecular complexity index is 2930. The van der Waals surface area contributed by atoms with E-state index in [1.165, 1.54) is 55.7 Å². The summed E-state index contributed by atoms with van der Waals surface area (Å²) in [6.07, 6.45) is 16.0. The molecule has 3 heterocycles. The second-order valence-electron chi connectivity index (χ2n) is 15.8. The molecule has 8 aromatic rings. The van der Waals surface area contributed by atoms with E-state index in [2.05, 4.69) is 198 Å². The molecule has 57 heavy (non-hydrogen) atoms. The fourth-order valence-corrected chi connectivity index (χ4v) is 9.72. The number of hydrogen-bond donors (Lipinski definition) is 0. The van der Waals surface area contributed by atoms with E-state index in [9.17, 15) is 0 Å². The average Bonchev–Trinajstić information content (AvgIpc) is 3.59. The van der Waals surface area contributed by atoms with Crippen LogP contribution in [0.25, 0.3) is 66.7 Å². The number of hydrogen-bond acceptors (Lipinski definition) is 3. The van der Waals surface area contributed by atoms with Crippen LogP contribution >= 0.6 is 0 Å². The molecule has 0 bridgehead atoms. The van der Waals surface area contributed by atoms with Gasteiger partial charge in [0.15, 0.2) is 5.82 Å². The highest BCUT2D eigenvalue weighted by Crippen LogP contribution is 2.56. The maximum Gasteiger partial charge on any atom is 0.160 e. The van der Waals surface area contributed by atoms with Crippen molar-refractivity contribution in [3.05, 3.63) is 193 Å². The zero-order valence-electron chi connectivity index (χ0n) is 32.0. The molecule has 2 aliphatic carbocycles. The second-order valence-corrected chi connectivity index (χ2v) is 15.8. The fraction of sp³-hybridized carbons (Fsp3) is 0.132. The summed E-state index contributed by atoms with van der Waals surface area (Å²) in [7, 11) is 0. The van der Waals surface area contributed by atoms with Crippen molar-refractivity contribution in [2.75, 3.05) is 4.90 Å². The monoisotopic (exact) mass is 734 g/mol. The van der Waals surface area contributed by atoms with Crippen LogP contribution in [0.2, 0.25) is 0 Å². The van der Waals surface area contributed by atoms with Crippen LogP contribution in [0.3, 0.4) is 0 Å². The number of allylic oxidation sites excluding steroid dienone is 5. The normalized spacial score (nSPS) is 18.5. The van der Waals surface area contributed by atoms with E-state index < -0.39 is 5.41 Å². The summed E-state index contributed by atoms with van der Waals surface area (Å²) < 4.78 is 2.60. The van der Waals surface area contributed by atoms with Gasteiger partial charge in [0, 0.05) is 38.9 Å². The SMILES string of the molecule is CC12C=CCCC1N(c1nc3ccccc3nc1-c1ccccc1)c1ccccc1-c1c2n(-c2cc(C3=CCCC=C3)cc(-c3ccccc3)c2)c2ccccc12. The van der Waals surface area contributed by atoms with Crippen molar-refractivity contribution in [3.8, 4) is 39.2 Å². The maximum atomic E-state index is 5.56. The van der Waals surface area contributed by atoms with Crippen molar-refractivity contribution < 1.29 is 0 Å². The lowest BCUT2D eigenvalue weighted by molar-refractivity contribution is 0.401. The Morgan fingerprint density at radius 1 is 0.614 bits per heavy atom. The van der Waals surface area contributed by atoms with Crippen LogP contribution in [0.4, 0.5) is 11.5 Å². The van der Waals surface area contributed by atoms with E-state index in [-0.39, 0.29) is 6.04 Å². The van der Waals surface area contributed by atoms with Gasteiger partial charge >= 0.3 is 0 Å². The van der Waals surface area contributed by atoms with Crippen molar-refractivity contribution >= 4 is 39.0 Å². The highest BCUT2D eigenvalue weighted by molar-refractivity contribution is 6.05. The van der Waals surface area contributed by atoms with E-state index in [1.807, 2.05) is 0 Å². The molecule has 0 fully saturated rings. The number of fused-ring (bicyclic) bond motifs is 8. The number of aromatic nitrogens is 3. The summed E-state index contributed by atoms with van der Waals surface area (Å²) >= 11 is 0. The van der Waals surface area contributed by atoms with Gasteiger partial charge in [0.2, 0.25) is 0 Å². The van der Waals surface area contributed by atoms with Crippen molar-refractivity contribution in [2.24, 2.45) is 0 Å². The van der Waals surface area contributed by atoms with Gasteiger partial charge in [-0.2, -0.15) is 0 Å². The predicted molar refractivity (Wildman–Crippen MR) is 237 cm³/mol. The zero-order valence-corrected chi connectivity index (χ0v) is 32.0. The molecule has 4 nitrogen and oxygen atoms in total. The molecule has 0 radical (unpaired) electrons. The molecule has 6 aromatic carbocycles. The quantitative estimate of drug-likeness (QED) is 0.165. The lowest BCUT2D eigenvalue weighted by Crippen LogP contribution is -2.48. The molecule has 2 aromatic heterocycles. The molecular weight excluding hydrogens is 693 g/mol. The molecule has 0 spiro atoms. The first-order chi connectivity index (χ1) is 28.2. The zero-order chi connectivity index (χ0) is 37.9. The average molecular weight is 735 g/mol. The van der Waals surface area contributed by atoms with Crippen LogP contribution in [0.15, 0.2) is 182 Å². The van der Waals surface area contributed by atoms with E-state index >= 15 is 0 Å². The van der Waals surface area contributed by atoms with E-state index in [0.29, 0.717) is 0 Å². The third-order valence-corrected chi connectivity index (χ3v) is 12.3. The molecule has 2 unspecified atom stereocenters. The lowest BCUT2D eigenvalue weighted by atomic mass is 9.72. The molecule has 0 saturated heterocycles. The van der Waals surface area contributed by atoms with Gasteiger partial charge in [-0.15, -0.1) is 0 Å². The minimum atomic E-state index is -0.431. The highest BCUT2D eigenvalue weighted by Gasteiger charge is 2.48. The number of rotatable bonds is 5. The Hall–Kier alpha value is -6.78. The van der Waals surface area contributed by atoms with Crippen molar-refractivity contribution in [1.29, 1.82) is 0 Å². The van der Waals surface area contributed by atoms with Gasteiger partial charge in [-0.1, -0.05) is 140 Å². The van der Waals surface area contributed by atoms with Crippen LogP contribution in [-0.2, 0) is 5.41 Å². The van der Waals surface area contributed by atoms with Gasteiger partial charge in [0.1, 0.15) is 5.69 Å². The number of anilines is 2. The van der Waals surface area contributed by atoms with Gasteiger partial charge in [-0.3, -0.25) is 0 Å². The minimum absolute atomic E-state index is 0.0339. The predicted octanol–water partition coefficient (Wildman–Crippen LogP) is 13.4. The highest BCUT2D eigenvalue weighted by atomic mass is 15.3. The van der Waals surface area contributed by atoms with Crippen LogP contribution in [0.1, 0.15) is 43.9 Å². The van der Waals surface area contributed by atoms with Gasteiger partial charge in [-0.25, -0.2) is 9.97 Å². The van der Waals surface area contributed by atoms with Gasteiger partial charge in [0.25, 0.3) is 0 Å². The van der Waals surface area contributed by atoms with Crippen LogP contribution < -0.4 is 4.90 Å². The van der Waals surface area contributed by atoms with Crippen LogP contribution in [0, 0.1) is 0 Å². The van der Waals surface area contributed by atoms with E-state index in [1.54, 1.807) is 0 Å².